The molecule has 34 heavy (non-hydrogen) atoms. The van der Waals surface area contributed by atoms with Crippen LogP contribution in [0.2, 0.25) is 0 Å². The van der Waals surface area contributed by atoms with Crippen molar-refractivity contribution in [2.45, 2.75) is 46.1 Å². The van der Waals surface area contributed by atoms with E-state index in [1.807, 2.05) is 0 Å². The molecular weight excluding hydrogens is 432 g/mol. The van der Waals surface area contributed by atoms with E-state index in [-0.39, 0.29) is 22.8 Å². The van der Waals surface area contributed by atoms with Crippen LogP contribution in [0.4, 0.5) is 0 Å². The molecule has 1 atom stereocenters. The summed E-state index contributed by atoms with van der Waals surface area (Å²) in [6, 6.07) is 1.41. The van der Waals surface area contributed by atoms with Crippen molar-refractivity contribution >= 4 is 34.4 Å². The van der Waals surface area contributed by atoms with E-state index in [4.69, 9.17) is 11.0 Å². The maximum Gasteiger partial charge on any atom is 0.255 e. The van der Waals surface area contributed by atoms with Crippen LogP contribution < -0.4 is 11.1 Å². The molecule has 0 bridgehead atoms. The number of rotatable bonds is 4. The number of carbonyl (C=O) groups excluding carboxylic acids is 2. The van der Waals surface area contributed by atoms with Crippen LogP contribution in [0, 0.1) is 22.7 Å². The minimum atomic E-state index is -0.727. The smallest absolute Gasteiger partial charge is 0.255 e. The zero-order valence-electron chi connectivity index (χ0n) is 20.0. The van der Waals surface area contributed by atoms with E-state index < -0.39 is 11.9 Å². The summed E-state index contributed by atoms with van der Waals surface area (Å²) < 4.78 is 0. The summed E-state index contributed by atoms with van der Waals surface area (Å²) >= 11 is 0. The lowest BCUT2D eigenvalue weighted by atomic mass is 9.73. The lowest BCUT2D eigenvalue weighted by Gasteiger charge is -2.37. The Bertz CT molecular complexity index is 1240. The average molecular weight is 463 g/mol. The van der Waals surface area contributed by atoms with Crippen molar-refractivity contribution in [2.75, 3.05) is 20.1 Å². The van der Waals surface area contributed by atoms with Crippen molar-refractivity contribution in [1.29, 1.82) is 5.26 Å². The Morgan fingerprint density at radius 2 is 2.15 bits per heavy atom. The van der Waals surface area contributed by atoms with Gasteiger partial charge in [-0.15, -0.1) is 0 Å². The molecule has 4 rings (SSSR count). The summed E-state index contributed by atoms with van der Waals surface area (Å²) in [6.45, 7) is 6.86. The molecular formula is C24H30N8O2. The van der Waals surface area contributed by atoms with E-state index in [0.29, 0.717) is 35.6 Å². The lowest BCUT2D eigenvalue weighted by Crippen LogP contribution is -2.55. The van der Waals surface area contributed by atoms with Crippen molar-refractivity contribution < 1.29 is 9.59 Å². The fraction of sp³-hybridized carbons (Fsp3) is 0.500. The highest BCUT2D eigenvalue weighted by molar-refractivity contribution is 6.08. The Morgan fingerprint density at radius 3 is 2.82 bits per heavy atom. The number of nitrogens with one attached hydrogen (secondary N) is 2. The Labute approximate surface area is 198 Å². The minimum absolute atomic E-state index is 0.137. The molecule has 3 heterocycles. The fourth-order valence-corrected chi connectivity index (χ4v) is 4.46. The number of nitrogens with two attached hydrogens (primary N) is 1. The molecule has 4 N–H and O–H groups in total. The number of allylic oxidation sites excluding steroid dienone is 1. The highest BCUT2D eigenvalue weighted by Crippen LogP contribution is 2.38. The van der Waals surface area contributed by atoms with Crippen molar-refractivity contribution in [1.82, 2.24) is 25.2 Å². The molecule has 2 aromatic heterocycles. The Balaban J connectivity index is 1.56. The Kier molecular flexibility index (Phi) is 6.13. The molecule has 1 unspecified atom stereocenters. The van der Waals surface area contributed by atoms with Crippen LogP contribution in [-0.2, 0) is 4.79 Å². The van der Waals surface area contributed by atoms with E-state index in [1.54, 1.807) is 25.1 Å². The number of hydrogen-bond donors (Lipinski definition) is 3. The van der Waals surface area contributed by atoms with E-state index in [2.05, 4.69) is 45.2 Å². The van der Waals surface area contributed by atoms with Crippen LogP contribution in [0.1, 0.15) is 56.1 Å². The number of amides is 2. The molecule has 0 aromatic carbocycles. The third-order valence-corrected chi connectivity index (χ3v) is 6.64. The van der Waals surface area contributed by atoms with Crippen LogP contribution in [0.25, 0.3) is 16.9 Å². The summed E-state index contributed by atoms with van der Waals surface area (Å²) in [7, 11) is 1.77. The van der Waals surface area contributed by atoms with Crippen molar-refractivity contribution in [3.63, 3.8) is 0 Å². The fourth-order valence-electron chi connectivity index (χ4n) is 4.46. The number of H-pyrrole nitrogens is 1. The van der Waals surface area contributed by atoms with Crippen LogP contribution in [0.3, 0.4) is 0 Å². The van der Waals surface area contributed by atoms with Gasteiger partial charge in [0.25, 0.3) is 5.91 Å². The second kappa shape index (κ2) is 8.89. The molecule has 0 spiro atoms. The number of hydrogen-bond acceptors (Lipinski definition) is 7. The van der Waals surface area contributed by atoms with E-state index in [9.17, 15) is 9.59 Å². The molecule has 10 heteroatoms. The SMILES string of the molecule is CN=C1CC(C)(C)CCC1=C(N)c1cnc2[nH]cc(C(=O)NC(C)C(=O)N3CC(C#N)C3)c2n1. The largest absolute Gasteiger partial charge is 0.397 e. The van der Waals surface area contributed by atoms with Gasteiger partial charge in [0.2, 0.25) is 5.91 Å². The third kappa shape index (κ3) is 4.38. The summed E-state index contributed by atoms with van der Waals surface area (Å²) in [5, 5.41) is 11.6. The van der Waals surface area contributed by atoms with Gasteiger partial charge in [0.05, 0.1) is 29.4 Å². The molecule has 178 valence electrons. The number of likely N-dealkylation sites (tertiary alicyclic amines) is 1. The quantitative estimate of drug-likeness (QED) is 0.632. The first-order valence-electron chi connectivity index (χ1n) is 11.4. The zero-order chi connectivity index (χ0) is 24.6. The summed E-state index contributed by atoms with van der Waals surface area (Å²) in [6.07, 6.45) is 5.76. The number of nitrogens with zero attached hydrogens (tertiary/aromatic N) is 5. The van der Waals surface area contributed by atoms with Gasteiger partial charge in [-0.3, -0.25) is 14.6 Å². The number of aromatic nitrogens is 3. The first-order valence-corrected chi connectivity index (χ1v) is 11.4. The van der Waals surface area contributed by atoms with Gasteiger partial charge in [0.15, 0.2) is 5.65 Å². The number of carbonyl (C=O) groups is 2. The van der Waals surface area contributed by atoms with Gasteiger partial charge in [-0.05, 0) is 37.2 Å². The third-order valence-electron chi connectivity index (χ3n) is 6.64. The molecule has 1 saturated heterocycles. The van der Waals surface area contributed by atoms with Gasteiger partial charge in [-0.1, -0.05) is 13.8 Å². The summed E-state index contributed by atoms with van der Waals surface area (Å²) in [4.78, 5) is 43.5. The van der Waals surface area contributed by atoms with Crippen LogP contribution in [0.15, 0.2) is 23.0 Å². The number of nitriles is 1. The molecule has 2 aliphatic rings. The predicted octanol–water partition coefficient (Wildman–Crippen LogP) is 2.01. The maximum absolute atomic E-state index is 13.0. The van der Waals surface area contributed by atoms with Gasteiger partial charge < -0.3 is 20.9 Å². The van der Waals surface area contributed by atoms with E-state index in [0.717, 1.165) is 30.5 Å². The lowest BCUT2D eigenvalue weighted by molar-refractivity contribution is -0.137. The molecule has 0 radical (unpaired) electrons. The molecule has 10 nitrogen and oxygen atoms in total. The van der Waals surface area contributed by atoms with Crippen molar-refractivity contribution in [2.24, 2.45) is 22.1 Å². The van der Waals surface area contributed by atoms with Gasteiger partial charge in [-0.25, -0.2) is 9.97 Å². The predicted molar refractivity (Wildman–Crippen MR) is 129 cm³/mol. The van der Waals surface area contributed by atoms with E-state index >= 15 is 0 Å². The van der Waals surface area contributed by atoms with Gasteiger partial charge in [0.1, 0.15) is 17.3 Å². The van der Waals surface area contributed by atoms with Gasteiger partial charge >= 0.3 is 0 Å². The van der Waals surface area contributed by atoms with Crippen molar-refractivity contribution in [3.8, 4) is 6.07 Å². The van der Waals surface area contributed by atoms with Crippen LogP contribution >= 0.6 is 0 Å². The summed E-state index contributed by atoms with van der Waals surface area (Å²) in [5.74, 6) is -0.786. The standard InChI is InChI=1S/C24H30N8O2/c1-13(23(34)32-11-14(8-25)12-32)30-22(33)16-9-28-21-20(16)31-18(10-29-21)19(26)15-5-6-24(2,3)7-17(15)27-4/h9-10,13-14H,5-7,11-12,26H2,1-4H3,(H,28,29)(H,30,33). The van der Waals surface area contributed by atoms with Crippen molar-refractivity contribution in [3.05, 3.63) is 29.2 Å². The second-order valence-corrected chi connectivity index (χ2v) is 9.82. The second-order valence-electron chi connectivity index (χ2n) is 9.82. The first-order chi connectivity index (χ1) is 16.1. The highest BCUT2D eigenvalue weighted by atomic mass is 16.2. The molecule has 2 fully saturated rings. The van der Waals surface area contributed by atoms with E-state index in [1.165, 1.54) is 6.20 Å². The molecule has 1 saturated carbocycles. The normalized spacial score (nSPS) is 21.6. The zero-order valence-corrected chi connectivity index (χ0v) is 20.0. The van der Waals surface area contributed by atoms with Gasteiger partial charge in [0, 0.05) is 32.0 Å². The number of aromatic amines is 1. The first kappa shape index (κ1) is 23.4. The molecule has 1 aliphatic carbocycles. The minimum Gasteiger partial charge on any atom is -0.397 e. The highest BCUT2D eigenvalue weighted by Gasteiger charge is 2.34. The van der Waals surface area contributed by atoms with Crippen LogP contribution in [-0.4, -0.2) is 63.6 Å². The maximum atomic E-state index is 13.0. The number of fused-ring (bicyclic) bond motifs is 1. The molecule has 2 amide bonds. The summed E-state index contributed by atoms with van der Waals surface area (Å²) in [5.41, 5.74) is 10.8. The Morgan fingerprint density at radius 1 is 1.41 bits per heavy atom. The van der Waals surface area contributed by atoms with Crippen LogP contribution in [0.5, 0.6) is 0 Å². The number of aliphatic imine (C=N–C) groups is 1. The monoisotopic (exact) mass is 462 g/mol. The average Bonchev–Trinajstić information content (AvgIpc) is 3.20. The molecule has 1 aliphatic heterocycles. The molecule has 2 aromatic rings. The van der Waals surface area contributed by atoms with Gasteiger partial charge in [-0.2, -0.15) is 5.26 Å². The topological polar surface area (TPSA) is 153 Å². The Hall–Kier alpha value is -3.74.